The quantitative estimate of drug-likeness (QED) is 0.572. The van der Waals surface area contributed by atoms with Crippen LogP contribution < -0.4 is 11.1 Å². The van der Waals surface area contributed by atoms with E-state index in [1.165, 1.54) is 7.11 Å². The van der Waals surface area contributed by atoms with Crippen molar-refractivity contribution in [2.75, 3.05) is 18.2 Å². The maximum Gasteiger partial charge on any atom is 0.340 e. The van der Waals surface area contributed by atoms with Gasteiger partial charge in [-0.3, -0.25) is 0 Å². The number of methoxy groups -OCH3 is 1. The van der Waals surface area contributed by atoms with E-state index in [1.54, 1.807) is 29.5 Å². The largest absolute Gasteiger partial charge is 0.465 e. The molecular formula is C15H13N3O2S. The molecule has 0 unspecified atom stereocenters. The third kappa shape index (κ3) is 2.66. The minimum absolute atomic E-state index is 0.337. The Morgan fingerprint density at radius 2 is 2.10 bits per heavy atom. The summed E-state index contributed by atoms with van der Waals surface area (Å²) < 4.78 is 5.81. The monoisotopic (exact) mass is 299 g/mol. The Morgan fingerprint density at radius 3 is 2.86 bits per heavy atom. The van der Waals surface area contributed by atoms with Crippen molar-refractivity contribution in [3.05, 3.63) is 48.0 Å². The molecule has 21 heavy (non-hydrogen) atoms. The fourth-order valence-electron chi connectivity index (χ4n) is 1.97. The lowest BCUT2D eigenvalue weighted by Crippen LogP contribution is -2.06. The summed E-state index contributed by atoms with van der Waals surface area (Å²) in [4.78, 5) is 16.1. The molecule has 0 atom stereocenters. The van der Waals surface area contributed by atoms with Crippen LogP contribution in [0, 0.1) is 0 Å². The zero-order valence-electron chi connectivity index (χ0n) is 11.3. The highest BCUT2D eigenvalue weighted by molar-refractivity contribution is 7.22. The highest BCUT2D eigenvalue weighted by Crippen LogP contribution is 2.29. The van der Waals surface area contributed by atoms with Crippen LogP contribution in [0.15, 0.2) is 42.5 Å². The Balaban J connectivity index is 1.92. The standard InChI is InChI=1S/C15H13N3O2S/c1-20-14(19)10-8-9(6-7-11(10)16)17-15-18-12-4-2-3-5-13(12)21-15/h2-8H,16H2,1H3,(H,17,18). The molecule has 0 saturated carbocycles. The average molecular weight is 299 g/mol. The van der Waals surface area contributed by atoms with Gasteiger partial charge in [0.25, 0.3) is 0 Å². The van der Waals surface area contributed by atoms with Gasteiger partial charge in [-0.05, 0) is 30.3 Å². The van der Waals surface area contributed by atoms with Crippen LogP contribution in [-0.2, 0) is 4.74 Å². The number of anilines is 3. The zero-order valence-corrected chi connectivity index (χ0v) is 12.1. The lowest BCUT2D eigenvalue weighted by atomic mass is 10.1. The lowest BCUT2D eigenvalue weighted by molar-refractivity contribution is 0.0602. The molecule has 5 nitrogen and oxygen atoms in total. The average Bonchev–Trinajstić information content (AvgIpc) is 2.90. The lowest BCUT2D eigenvalue weighted by Gasteiger charge is -2.07. The number of carbonyl (C=O) groups is 1. The minimum atomic E-state index is -0.458. The van der Waals surface area contributed by atoms with Gasteiger partial charge in [0, 0.05) is 11.4 Å². The van der Waals surface area contributed by atoms with E-state index in [-0.39, 0.29) is 0 Å². The smallest absolute Gasteiger partial charge is 0.340 e. The molecule has 0 aliphatic heterocycles. The minimum Gasteiger partial charge on any atom is -0.465 e. The molecule has 0 bridgehead atoms. The van der Waals surface area contributed by atoms with Crippen LogP contribution in [-0.4, -0.2) is 18.1 Å². The molecule has 3 rings (SSSR count). The second kappa shape index (κ2) is 5.41. The predicted molar refractivity (Wildman–Crippen MR) is 85.1 cm³/mol. The Bertz CT molecular complexity index is 781. The van der Waals surface area contributed by atoms with Gasteiger partial charge in [-0.15, -0.1) is 0 Å². The van der Waals surface area contributed by atoms with Crippen LogP contribution >= 0.6 is 11.3 Å². The molecule has 3 N–H and O–H groups in total. The van der Waals surface area contributed by atoms with Crippen LogP contribution in [0.4, 0.5) is 16.5 Å². The van der Waals surface area contributed by atoms with Gasteiger partial charge in [0.1, 0.15) is 0 Å². The second-order valence-corrected chi connectivity index (χ2v) is 5.44. The number of hydrogen-bond donors (Lipinski definition) is 2. The number of nitrogen functional groups attached to an aromatic ring is 1. The normalized spacial score (nSPS) is 10.5. The van der Waals surface area contributed by atoms with Gasteiger partial charge in [0.05, 0.1) is 22.9 Å². The highest BCUT2D eigenvalue weighted by atomic mass is 32.1. The molecule has 0 spiro atoms. The van der Waals surface area contributed by atoms with E-state index in [9.17, 15) is 4.79 Å². The second-order valence-electron chi connectivity index (χ2n) is 4.41. The molecule has 3 aromatic rings. The van der Waals surface area contributed by atoms with Gasteiger partial charge < -0.3 is 15.8 Å². The third-order valence-corrected chi connectivity index (χ3v) is 3.96. The zero-order chi connectivity index (χ0) is 14.8. The molecule has 0 aliphatic rings. The van der Waals surface area contributed by atoms with Crippen LogP contribution in [0.3, 0.4) is 0 Å². The SMILES string of the molecule is COC(=O)c1cc(Nc2nc3ccccc3s2)ccc1N. The van der Waals surface area contributed by atoms with Crippen LogP contribution in [0.2, 0.25) is 0 Å². The number of rotatable bonds is 3. The van der Waals surface area contributed by atoms with E-state index in [0.29, 0.717) is 11.3 Å². The van der Waals surface area contributed by atoms with Gasteiger partial charge in [0.2, 0.25) is 0 Å². The fourth-order valence-corrected chi connectivity index (χ4v) is 2.86. The Hall–Kier alpha value is -2.60. The van der Waals surface area contributed by atoms with Crippen molar-refractivity contribution in [3.8, 4) is 0 Å². The van der Waals surface area contributed by atoms with Gasteiger partial charge in [-0.1, -0.05) is 23.5 Å². The summed E-state index contributed by atoms with van der Waals surface area (Å²) in [5, 5.41) is 3.94. The first kappa shape index (κ1) is 13.4. The summed E-state index contributed by atoms with van der Waals surface area (Å²) in [6.07, 6.45) is 0. The van der Waals surface area contributed by atoms with Crippen LogP contribution in [0.1, 0.15) is 10.4 Å². The number of fused-ring (bicyclic) bond motifs is 1. The van der Waals surface area contributed by atoms with E-state index in [0.717, 1.165) is 21.0 Å². The number of nitrogens with two attached hydrogens (primary N) is 1. The number of esters is 1. The van der Waals surface area contributed by atoms with E-state index < -0.39 is 5.97 Å². The van der Waals surface area contributed by atoms with E-state index >= 15 is 0 Å². The molecular weight excluding hydrogens is 286 g/mol. The maximum absolute atomic E-state index is 11.6. The maximum atomic E-state index is 11.6. The number of carbonyl (C=O) groups excluding carboxylic acids is 1. The Kier molecular flexibility index (Phi) is 3.45. The van der Waals surface area contributed by atoms with Crippen molar-refractivity contribution < 1.29 is 9.53 Å². The van der Waals surface area contributed by atoms with Crippen molar-refractivity contribution in [1.82, 2.24) is 4.98 Å². The molecule has 2 aromatic carbocycles. The van der Waals surface area contributed by atoms with Gasteiger partial charge in [-0.2, -0.15) is 0 Å². The predicted octanol–water partition coefficient (Wildman–Crippen LogP) is 3.41. The number of para-hydroxylation sites is 1. The summed E-state index contributed by atoms with van der Waals surface area (Å²) in [5.41, 5.74) is 8.18. The van der Waals surface area contributed by atoms with Crippen molar-refractivity contribution in [3.63, 3.8) is 0 Å². The number of hydrogen-bond acceptors (Lipinski definition) is 6. The number of nitrogens with zero attached hydrogens (tertiary/aromatic N) is 1. The molecule has 1 heterocycles. The topological polar surface area (TPSA) is 77.2 Å². The first-order valence-corrected chi connectivity index (χ1v) is 7.09. The van der Waals surface area contributed by atoms with Gasteiger partial charge >= 0.3 is 5.97 Å². The van der Waals surface area contributed by atoms with Crippen molar-refractivity contribution in [1.29, 1.82) is 0 Å². The van der Waals surface area contributed by atoms with Gasteiger partial charge in [0.15, 0.2) is 5.13 Å². The number of nitrogens with one attached hydrogen (secondary N) is 1. The first-order chi connectivity index (χ1) is 10.2. The summed E-state index contributed by atoms with van der Waals surface area (Å²) in [6.45, 7) is 0. The molecule has 0 amide bonds. The number of thiazole rings is 1. The number of benzene rings is 2. The molecule has 0 fully saturated rings. The molecule has 6 heteroatoms. The molecule has 0 saturated heterocycles. The van der Waals surface area contributed by atoms with E-state index in [2.05, 4.69) is 10.3 Å². The molecule has 0 radical (unpaired) electrons. The highest BCUT2D eigenvalue weighted by Gasteiger charge is 2.11. The van der Waals surface area contributed by atoms with Crippen molar-refractivity contribution in [2.24, 2.45) is 0 Å². The first-order valence-electron chi connectivity index (χ1n) is 6.28. The number of aromatic nitrogens is 1. The summed E-state index contributed by atoms with van der Waals surface area (Å²) in [7, 11) is 1.33. The van der Waals surface area contributed by atoms with Crippen LogP contribution in [0.5, 0.6) is 0 Å². The summed E-state index contributed by atoms with van der Waals surface area (Å²) in [5.74, 6) is -0.458. The van der Waals surface area contributed by atoms with Crippen molar-refractivity contribution in [2.45, 2.75) is 0 Å². The Morgan fingerprint density at radius 1 is 1.29 bits per heavy atom. The molecule has 106 valence electrons. The van der Waals surface area contributed by atoms with E-state index in [1.807, 2.05) is 24.3 Å². The number of ether oxygens (including phenoxy) is 1. The fraction of sp³-hybridized carbons (Fsp3) is 0.0667. The molecule has 0 aliphatic carbocycles. The van der Waals surface area contributed by atoms with Crippen LogP contribution in [0.25, 0.3) is 10.2 Å². The summed E-state index contributed by atoms with van der Waals surface area (Å²) >= 11 is 1.55. The van der Waals surface area contributed by atoms with E-state index in [4.69, 9.17) is 10.5 Å². The Labute approximate surface area is 125 Å². The van der Waals surface area contributed by atoms with Crippen molar-refractivity contribution >= 4 is 44.0 Å². The molecule has 1 aromatic heterocycles. The third-order valence-electron chi connectivity index (χ3n) is 3.00. The van der Waals surface area contributed by atoms with Gasteiger partial charge in [-0.25, -0.2) is 9.78 Å². The summed E-state index contributed by atoms with van der Waals surface area (Å²) in [6, 6.07) is 13.0.